The van der Waals surface area contributed by atoms with Crippen LogP contribution in [0.15, 0.2) is 6.33 Å². The van der Waals surface area contributed by atoms with E-state index in [-0.39, 0.29) is 18.4 Å². The van der Waals surface area contributed by atoms with E-state index in [4.69, 9.17) is 11.6 Å². The molecule has 0 radical (unpaired) electrons. The van der Waals surface area contributed by atoms with E-state index in [9.17, 15) is 9.59 Å². The summed E-state index contributed by atoms with van der Waals surface area (Å²) < 4.78 is 0. The molecule has 108 valence electrons. The quantitative estimate of drug-likeness (QED) is 0.670. The molecule has 7 heteroatoms. The molecule has 1 aromatic rings. The third kappa shape index (κ3) is 2.75. The van der Waals surface area contributed by atoms with Crippen molar-refractivity contribution in [3.05, 3.63) is 17.0 Å². The molecule has 0 aliphatic carbocycles. The van der Waals surface area contributed by atoms with E-state index in [2.05, 4.69) is 15.3 Å². The minimum Gasteiger partial charge on any atom is -0.335 e. The number of rotatable bonds is 4. The summed E-state index contributed by atoms with van der Waals surface area (Å²) in [7, 11) is 0. The van der Waals surface area contributed by atoms with Crippen LogP contribution < -0.4 is 10.2 Å². The van der Waals surface area contributed by atoms with Crippen molar-refractivity contribution in [2.45, 2.75) is 39.2 Å². The standard InChI is InChI=1S/C13H17ClN4O2/c1-3-5-8-11(14)15-7-16-12(8)18-6-10(19)17-13(20)9(18)4-2/h7,9H,3-6H2,1-2H3,(H,17,19,20). The third-order valence-corrected chi connectivity index (χ3v) is 3.61. The Hall–Kier alpha value is -1.69. The van der Waals surface area contributed by atoms with E-state index in [1.54, 1.807) is 4.90 Å². The molecule has 2 heterocycles. The summed E-state index contributed by atoms with van der Waals surface area (Å²) in [5.74, 6) is -0.0280. The Bertz CT molecular complexity index is 535. The van der Waals surface area contributed by atoms with Crippen molar-refractivity contribution in [3.8, 4) is 0 Å². The Morgan fingerprint density at radius 2 is 2.15 bits per heavy atom. The molecule has 1 fully saturated rings. The van der Waals surface area contributed by atoms with Gasteiger partial charge in [0.25, 0.3) is 0 Å². The largest absolute Gasteiger partial charge is 0.335 e. The number of carbonyl (C=O) groups excluding carboxylic acids is 2. The van der Waals surface area contributed by atoms with Crippen molar-refractivity contribution in [2.75, 3.05) is 11.4 Å². The van der Waals surface area contributed by atoms with Crippen molar-refractivity contribution in [2.24, 2.45) is 0 Å². The lowest BCUT2D eigenvalue weighted by Gasteiger charge is -2.35. The van der Waals surface area contributed by atoms with E-state index >= 15 is 0 Å². The van der Waals surface area contributed by atoms with Crippen molar-refractivity contribution >= 4 is 29.2 Å². The van der Waals surface area contributed by atoms with E-state index in [0.29, 0.717) is 23.8 Å². The van der Waals surface area contributed by atoms with Crippen LogP contribution in [0, 0.1) is 0 Å². The number of halogens is 1. The molecule has 0 spiro atoms. The van der Waals surface area contributed by atoms with Gasteiger partial charge in [-0.05, 0) is 12.8 Å². The fraction of sp³-hybridized carbons (Fsp3) is 0.538. The lowest BCUT2D eigenvalue weighted by Crippen LogP contribution is -2.58. The predicted molar refractivity (Wildman–Crippen MR) is 75.6 cm³/mol. The number of hydrogen-bond acceptors (Lipinski definition) is 5. The molecular formula is C13H17ClN4O2. The highest BCUT2D eigenvalue weighted by atomic mass is 35.5. The molecule has 1 atom stereocenters. The second-order valence-electron chi connectivity index (χ2n) is 4.68. The Morgan fingerprint density at radius 1 is 1.40 bits per heavy atom. The zero-order valence-electron chi connectivity index (χ0n) is 11.5. The molecule has 1 saturated heterocycles. The van der Waals surface area contributed by atoms with Gasteiger partial charge in [-0.3, -0.25) is 14.9 Å². The fourth-order valence-corrected chi connectivity index (χ4v) is 2.61. The maximum Gasteiger partial charge on any atom is 0.249 e. The van der Waals surface area contributed by atoms with Crippen LogP contribution in [0.4, 0.5) is 5.82 Å². The van der Waals surface area contributed by atoms with E-state index in [0.717, 1.165) is 12.0 Å². The summed E-state index contributed by atoms with van der Waals surface area (Å²) in [5, 5.41) is 2.73. The number of hydrogen-bond donors (Lipinski definition) is 1. The topological polar surface area (TPSA) is 75.2 Å². The summed E-state index contributed by atoms with van der Waals surface area (Å²) in [6.07, 6.45) is 3.54. The molecule has 1 N–H and O–H groups in total. The van der Waals surface area contributed by atoms with Crippen molar-refractivity contribution in [3.63, 3.8) is 0 Å². The normalized spacial score (nSPS) is 19.1. The van der Waals surface area contributed by atoms with Crippen molar-refractivity contribution in [1.82, 2.24) is 15.3 Å². The fourth-order valence-electron chi connectivity index (χ4n) is 2.39. The van der Waals surface area contributed by atoms with Gasteiger partial charge in [-0.25, -0.2) is 9.97 Å². The number of imide groups is 1. The zero-order valence-corrected chi connectivity index (χ0v) is 12.3. The molecule has 0 bridgehead atoms. The van der Waals surface area contributed by atoms with Crippen molar-refractivity contribution in [1.29, 1.82) is 0 Å². The maximum absolute atomic E-state index is 11.9. The first kappa shape index (κ1) is 14.7. The predicted octanol–water partition coefficient (Wildman–Crippen LogP) is 1.32. The highest BCUT2D eigenvalue weighted by Crippen LogP contribution is 2.27. The SMILES string of the molecule is CCCc1c(Cl)ncnc1N1CC(=O)NC(=O)C1CC. The molecule has 1 aliphatic heterocycles. The minimum absolute atomic E-state index is 0.105. The van der Waals surface area contributed by atoms with Gasteiger partial charge in [0.1, 0.15) is 23.3 Å². The molecule has 0 saturated carbocycles. The van der Waals surface area contributed by atoms with Gasteiger partial charge < -0.3 is 4.90 Å². The Kier molecular flexibility index (Phi) is 4.54. The lowest BCUT2D eigenvalue weighted by atomic mass is 10.1. The number of aromatic nitrogens is 2. The molecule has 1 unspecified atom stereocenters. The van der Waals surface area contributed by atoms with Crippen LogP contribution in [-0.4, -0.2) is 34.4 Å². The number of nitrogens with zero attached hydrogens (tertiary/aromatic N) is 3. The molecule has 20 heavy (non-hydrogen) atoms. The van der Waals surface area contributed by atoms with Gasteiger partial charge in [0.05, 0.1) is 6.54 Å². The molecule has 6 nitrogen and oxygen atoms in total. The van der Waals surface area contributed by atoms with Gasteiger partial charge in [0.2, 0.25) is 11.8 Å². The van der Waals surface area contributed by atoms with E-state index < -0.39 is 6.04 Å². The number of nitrogens with one attached hydrogen (secondary N) is 1. The summed E-state index contributed by atoms with van der Waals surface area (Å²) >= 11 is 6.13. The maximum atomic E-state index is 11.9. The average Bonchev–Trinajstić information content (AvgIpc) is 2.40. The third-order valence-electron chi connectivity index (χ3n) is 3.28. The van der Waals surface area contributed by atoms with Crippen LogP contribution in [0.5, 0.6) is 0 Å². The molecule has 0 aromatic carbocycles. The summed E-state index contributed by atoms with van der Waals surface area (Å²) in [6, 6.07) is -0.408. The average molecular weight is 297 g/mol. The number of anilines is 1. The van der Waals surface area contributed by atoms with Gasteiger partial charge in [-0.15, -0.1) is 0 Å². The Morgan fingerprint density at radius 3 is 2.80 bits per heavy atom. The number of piperazine rings is 1. The van der Waals surface area contributed by atoms with Crippen LogP contribution in [0.25, 0.3) is 0 Å². The first-order valence-electron chi connectivity index (χ1n) is 6.68. The van der Waals surface area contributed by atoms with Crippen LogP contribution >= 0.6 is 11.6 Å². The van der Waals surface area contributed by atoms with Crippen LogP contribution in [-0.2, 0) is 16.0 Å². The van der Waals surface area contributed by atoms with Gasteiger partial charge in [0, 0.05) is 5.56 Å². The molecular weight excluding hydrogens is 280 g/mol. The van der Waals surface area contributed by atoms with Gasteiger partial charge in [-0.1, -0.05) is 31.9 Å². The highest BCUT2D eigenvalue weighted by molar-refractivity contribution is 6.30. The van der Waals surface area contributed by atoms with E-state index in [1.807, 2.05) is 13.8 Å². The van der Waals surface area contributed by atoms with Crippen LogP contribution in [0.3, 0.4) is 0 Å². The Balaban J connectivity index is 2.44. The summed E-state index contributed by atoms with van der Waals surface area (Å²) in [5.41, 5.74) is 0.789. The molecule has 2 rings (SSSR count). The number of carbonyl (C=O) groups is 2. The smallest absolute Gasteiger partial charge is 0.249 e. The minimum atomic E-state index is -0.408. The summed E-state index contributed by atoms with van der Waals surface area (Å²) in [4.78, 5) is 33.5. The van der Waals surface area contributed by atoms with Crippen LogP contribution in [0.1, 0.15) is 32.3 Å². The molecule has 2 amide bonds. The van der Waals surface area contributed by atoms with Crippen molar-refractivity contribution < 1.29 is 9.59 Å². The van der Waals surface area contributed by atoms with Crippen LogP contribution in [0.2, 0.25) is 5.15 Å². The zero-order chi connectivity index (χ0) is 14.7. The second-order valence-corrected chi connectivity index (χ2v) is 5.04. The second kappa shape index (κ2) is 6.17. The van der Waals surface area contributed by atoms with Gasteiger partial charge in [0.15, 0.2) is 0 Å². The van der Waals surface area contributed by atoms with E-state index in [1.165, 1.54) is 6.33 Å². The Labute approximate surface area is 122 Å². The summed E-state index contributed by atoms with van der Waals surface area (Å²) in [6.45, 7) is 4.03. The van der Waals surface area contributed by atoms with Gasteiger partial charge >= 0.3 is 0 Å². The van der Waals surface area contributed by atoms with Gasteiger partial charge in [-0.2, -0.15) is 0 Å². The lowest BCUT2D eigenvalue weighted by molar-refractivity contribution is -0.132. The monoisotopic (exact) mass is 296 g/mol. The first-order valence-corrected chi connectivity index (χ1v) is 7.06. The highest BCUT2D eigenvalue weighted by Gasteiger charge is 2.34. The molecule has 1 aromatic heterocycles. The number of amides is 2. The first-order chi connectivity index (χ1) is 9.58. The molecule has 1 aliphatic rings.